The fourth-order valence-electron chi connectivity index (χ4n) is 4.74. The number of H-pyrrole nitrogens is 1. The number of nitrogens with zero attached hydrogens (tertiary/aromatic N) is 3. The Bertz CT molecular complexity index is 794. The zero-order valence-electron chi connectivity index (χ0n) is 15.4. The number of hydrogen-bond acceptors (Lipinski definition) is 4. The molecule has 2 amide bonds. The first-order valence-electron chi connectivity index (χ1n) is 9.79. The molecule has 27 heavy (non-hydrogen) atoms. The minimum absolute atomic E-state index is 0.0473. The molecule has 1 atom stereocenters. The van der Waals surface area contributed by atoms with E-state index < -0.39 is 5.41 Å². The Kier molecular flexibility index (Phi) is 4.86. The van der Waals surface area contributed by atoms with Crippen LogP contribution in [0.2, 0.25) is 0 Å². The van der Waals surface area contributed by atoms with Gasteiger partial charge in [-0.2, -0.15) is 0 Å². The molecule has 1 aromatic heterocycles. The Balaban J connectivity index is 1.62. The number of aromatic nitrogens is 2. The Morgan fingerprint density at radius 3 is 2.81 bits per heavy atom. The second-order valence-electron chi connectivity index (χ2n) is 7.84. The van der Waals surface area contributed by atoms with Gasteiger partial charge in [-0.05, 0) is 37.8 Å². The molecule has 1 aliphatic heterocycles. The van der Waals surface area contributed by atoms with Gasteiger partial charge in [-0.1, -0.05) is 31.4 Å². The summed E-state index contributed by atoms with van der Waals surface area (Å²) in [6, 6.07) is 7.80. The maximum Gasteiger partial charge on any atom is 0.233 e. The van der Waals surface area contributed by atoms with Gasteiger partial charge in [0.15, 0.2) is 0 Å². The van der Waals surface area contributed by atoms with Crippen molar-refractivity contribution < 1.29 is 14.8 Å². The van der Waals surface area contributed by atoms with E-state index in [1.165, 1.54) is 0 Å². The molecule has 0 spiro atoms. The molecule has 4 rings (SSSR count). The van der Waals surface area contributed by atoms with Gasteiger partial charge in [0.1, 0.15) is 5.82 Å². The van der Waals surface area contributed by atoms with Crippen LogP contribution in [0, 0.1) is 5.41 Å². The van der Waals surface area contributed by atoms with Crippen LogP contribution >= 0.6 is 0 Å². The highest BCUT2D eigenvalue weighted by Gasteiger charge is 2.46. The molecule has 2 aromatic rings. The third kappa shape index (κ3) is 3.32. The molecule has 0 unspecified atom stereocenters. The largest absolute Gasteiger partial charge is 0.340 e. The van der Waals surface area contributed by atoms with E-state index in [1.807, 2.05) is 29.2 Å². The molecule has 144 valence electrons. The topological polar surface area (TPSA) is 89.5 Å². The Morgan fingerprint density at radius 1 is 1.30 bits per heavy atom. The van der Waals surface area contributed by atoms with Gasteiger partial charge in [0, 0.05) is 6.54 Å². The first-order chi connectivity index (χ1) is 13.1. The molecule has 7 heteroatoms. The average Bonchev–Trinajstić information content (AvgIpc) is 3.34. The lowest BCUT2D eigenvalue weighted by molar-refractivity contribution is -0.167. The number of aromatic amines is 1. The van der Waals surface area contributed by atoms with Crippen molar-refractivity contribution in [2.24, 2.45) is 5.41 Å². The van der Waals surface area contributed by atoms with Crippen LogP contribution in [0.4, 0.5) is 0 Å². The molecule has 2 N–H and O–H groups in total. The number of likely N-dealkylation sites (tertiary alicyclic amines) is 1. The van der Waals surface area contributed by atoms with Crippen molar-refractivity contribution >= 4 is 23.4 Å². The first-order valence-corrected chi connectivity index (χ1v) is 9.79. The van der Waals surface area contributed by atoms with Gasteiger partial charge in [0.25, 0.3) is 0 Å². The molecule has 1 saturated heterocycles. The van der Waals surface area contributed by atoms with Crippen LogP contribution in [0.1, 0.15) is 56.8 Å². The van der Waals surface area contributed by atoms with E-state index >= 15 is 0 Å². The van der Waals surface area contributed by atoms with E-state index in [0.29, 0.717) is 30.9 Å². The monoisotopic (exact) mass is 370 g/mol. The highest BCUT2D eigenvalue weighted by molar-refractivity contribution is 5.84. The summed E-state index contributed by atoms with van der Waals surface area (Å²) in [6.45, 7) is 0.757. The smallest absolute Gasteiger partial charge is 0.233 e. The summed E-state index contributed by atoms with van der Waals surface area (Å²) in [5.74, 6) is 0.871. The highest BCUT2D eigenvalue weighted by atomic mass is 16.5. The number of nitrogens with one attached hydrogen (secondary N) is 1. The van der Waals surface area contributed by atoms with Crippen molar-refractivity contribution in [2.45, 2.75) is 51.0 Å². The van der Waals surface area contributed by atoms with E-state index in [1.54, 1.807) is 0 Å². The van der Waals surface area contributed by atoms with Crippen LogP contribution in [0.15, 0.2) is 24.3 Å². The predicted octanol–water partition coefficient (Wildman–Crippen LogP) is 3.02. The average molecular weight is 370 g/mol. The van der Waals surface area contributed by atoms with Gasteiger partial charge < -0.3 is 9.88 Å². The molecule has 1 saturated carbocycles. The normalized spacial score (nSPS) is 22.1. The van der Waals surface area contributed by atoms with E-state index in [4.69, 9.17) is 4.98 Å². The standard InChI is InChI=1S/C20H26N4O3/c25-14-23(27)13-20(10-4-1-5-11-20)19(26)24-12-6-9-17(24)18-21-15-7-2-3-8-16(15)22-18/h2-3,7-8,14,17,27H,1,4-6,9-13H2,(H,21,22)/t17-/m0/s1. The molecule has 2 heterocycles. The van der Waals surface area contributed by atoms with Crippen LogP contribution in [-0.2, 0) is 9.59 Å². The number of para-hydroxylation sites is 2. The number of fused-ring (bicyclic) bond motifs is 1. The lowest BCUT2D eigenvalue weighted by Gasteiger charge is -2.41. The number of imidazole rings is 1. The zero-order valence-corrected chi connectivity index (χ0v) is 15.4. The maximum absolute atomic E-state index is 13.6. The second-order valence-corrected chi connectivity index (χ2v) is 7.84. The van der Waals surface area contributed by atoms with Crippen molar-refractivity contribution in [1.82, 2.24) is 19.9 Å². The third-order valence-electron chi connectivity index (χ3n) is 6.09. The van der Waals surface area contributed by atoms with Gasteiger partial charge >= 0.3 is 0 Å². The molecular formula is C20H26N4O3. The third-order valence-corrected chi connectivity index (χ3v) is 6.09. The molecule has 0 bridgehead atoms. The molecular weight excluding hydrogens is 344 g/mol. The van der Waals surface area contributed by atoms with E-state index in [0.717, 1.165) is 49.0 Å². The van der Waals surface area contributed by atoms with Crippen molar-refractivity contribution in [3.05, 3.63) is 30.1 Å². The molecule has 2 aliphatic rings. The van der Waals surface area contributed by atoms with Gasteiger partial charge in [-0.25, -0.2) is 10.0 Å². The van der Waals surface area contributed by atoms with Crippen LogP contribution < -0.4 is 0 Å². The summed E-state index contributed by atoms with van der Waals surface area (Å²) in [5.41, 5.74) is 1.19. The molecule has 0 radical (unpaired) electrons. The summed E-state index contributed by atoms with van der Waals surface area (Å²) in [5, 5.41) is 10.5. The highest BCUT2D eigenvalue weighted by Crippen LogP contribution is 2.42. The molecule has 1 aromatic carbocycles. The van der Waals surface area contributed by atoms with Crippen LogP contribution in [-0.4, -0.2) is 50.5 Å². The number of hydrogen-bond donors (Lipinski definition) is 2. The van der Waals surface area contributed by atoms with Gasteiger partial charge in [0.2, 0.25) is 12.3 Å². The van der Waals surface area contributed by atoms with Crippen molar-refractivity contribution in [3.8, 4) is 0 Å². The summed E-state index contributed by atoms with van der Waals surface area (Å²) in [6.07, 6.45) is 6.60. The van der Waals surface area contributed by atoms with Gasteiger partial charge in [-0.3, -0.25) is 14.8 Å². The summed E-state index contributed by atoms with van der Waals surface area (Å²) < 4.78 is 0. The van der Waals surface area contributed by atoms with E-state index in [9.17, 15) is 14.8 Å². The van der Waals surface area contributed by atoms with Crippen LogP contribution in [0.5, 0.6) is 0 Å². The number of benzene rings is 1. The Labute approximate surface area is 158 Å². The van der Waals surface area contributed by atoms with Crippen molar-refractivity contribution in [3.63, 3.8) is 0 Å². The number of carbonyl (C=O) groups excluding carboxylic acids is 2. The first kappa shape index (κ1) is 18.0. The number of hydroxylamine groups is 2. The number of amides is 2. The fraction of sp³-hybridized carbons (Fsp3) is 0.550. The Morgan fingerprint density at radius 2 is 2.07 bits per heavy atom. The minimum atomic E-state index is -0.692. The maximum atomic E-state index is 13.6. The van der Waals surface area contributed by atoms with Gasteiger partial charge in [-0.15, -0.1) is 0 Å². The Hall–Kier alpha value is -2.41. The molecule has 1 aliphatic carbocycles. The lowest BCUT2D eigenvalue weighted by Crippen LogP contribution is -2.50. The second kappa shape index (κ2) is 7.31. The molecule has 2 fully saturated rings. The van der Waals surface area contributed by atoms with Gasteiger partial charge in [0.05, 0.1) is 29.0 Å². The van der Waals surface area contributed by atoms with Crippen molar-refractivity contribution in [1.29, 1.82) is 0 Å². The van der Waals surface area contributed by atoms with Crippen molar-refractivity contribution in [2.75, 3.05) is 13.1 Å². The molecule has 7 nitrogen and oxygen atoms in total. The predicted molar refractivity (Wildman–Crippen MR) is 99.9 cm³/mol. The zero-order chi connectivity index (χ0) is 18.9. The van der Waals surface area contributed by atoms with E-state index in [-0.39, 0.29) is 18.5 Å². The van der Waals surface area contributed by atoms with Crippen LogP contribution in [0.3, 0.4) is 0 Å². The minimum Gasteiger partial charge on any atom is -0.340 e. The summed E-state index contributed by atoms with van der Waals surface area (Å²) >= 11 is 0. The summed E-state index contributed by atoms with van der Waals surface area (Å²) in [4.78, 5) is 34.6. The number of carbonyl (C=O) groups is 2. The SMILES string of the molecule is O=CN(O)CC1(C(=O)N2CCC[C@H]2c2nc3ccccc3[nH]2)CCCCC1. The van der Waals surface area contributed by atoms with Crippen LogP contribution in [0.25, 0.3) is 11.0 Å². The fourth-order valence-corrected chi connectivity index (χ4v) is 4.74. The lowest BCUT2D eigenvalue weighted by atomic mass is 9.72. The number of rotatable bonds is 5. The summed E-state index contributed by atoms with van der Waals surface area (Å²) in [7, 11) is 0. The van der Waals surface area contributed by atoms with E-state index in [2.05, 4.69) is 4.98 Å². The quantitative estimate of drug-likeness (QED) is 0.481.